The van der Waals surface area contributed by atoms with Crippen molar-refractivity contribution in [3.05, 3.63) is 137 Å². The molecule has 0 aromatic heterocycles. The van der Waals surface area contributed by atoms with Crippen LogP contribution in [0.3, 0.4) is 0 Å². The number of carbonyl (C=O) groups is 2. The van der Waals surface area contributed by atoms with Crippen molar-refractivity contribution < 1.29 is 24.2 Å². The Labute approximate surface area is 262 Å². The number of hydrogen-bond acceptors (Lipinski definition) is 6. The standard InChI is InChI=1S/C34H28IN3O5/c35-23-17-18-30(39)26(21-23)33(43-34(41)38-28-16-8-10-22-9-4-5-13-25(22)28)31(42-24-11-2-1-3-12-24)19-20-32(40)37-29-15-7-6-14-27(29)36/h1-21,31,33,39H,36H2,(H,37,40)(H,38,41)/b20-19+/t31-,33-/m1/s1. The molecule has 9 heteroatoms. The van der Waals surface area contributed by atoms with E-state index in [1.165, 1.54) is 18.2 Å². The number of nitrogens with one attached hydrogen (secondary N) is 2. The summed E-state index contributed by atoms with van der Waals surface area (Å²) in [5.74, 6) is -0.0941. The van der Waals surface area contributed by atoms with Crippen LogP contribution in [0.2, 0.25) is 0 Å². The molecular formula is C34H28IN3O5. The number of nitrogens with two attached hydrogens (primary N) is 1. The minimum absolute atomic E-state index is 0.0973. The minimum atomic E-state index is -1.16. The Morgan fingerprint density at radius 2 is 1.51 bits per heavy atom. The molecule has 0 aliphatic carbocycles. The van der Waals surface area contributed by atoms with Crippen LogP contribution in [-0.2, 0) is 9.53 Å². The SMILES string of the molecule is Nc1ccccc1NC(=O)/C=C/[C@@H](Oc1ccccc1)[C@H](OC(=O)Nc1cccc2ccccc12)c1cc(I)ccc1O. The summed E-state index contributed by atoms with van der Waals surface area (Å²) in [4.78, 5) is 26.3. The number of amides is 2. The molecule has 2 amide bonds. The number of halogens is 1. The Bertz CT molecular complexity index is 1770. The predicted molar refractivity (Wildman–Crippen MR) is 177 cm³/mol. The highest BCUT2D eigenvalue weighted by Gasteiger charge is 2.30. The highest BCUT2D eigenvalue weighted by molar-refractivity contribution is 14.1. The summed E-state index contributed by atoms with van der Waals surface area (Å²) in [5, 5.41) is 18.2. The van der Waals surface area contributed by atoms with Crippen molar-refractivity contribution in [3.63, 3.8) is 0 Å². The lowest BCUT2D eigenvalue weighted by atomic mass is 10.0. The van der Waals surface area contributed by atoms with Gasteiger partial charge in [0.25, 0.3) is 0 Å². The van der Waals surface area contributed by atoms with E-state index in [4.69, 9.17) is 15.2 Å². The summed E-state index contributed by atoms with van der Waals surface area (Å²) < 4.78 is 13.0. The van der Waals surface area contributed by atoms with Gasteiger partial charge in [-0.25, -0.2) is 4.79 Å². The fourth-order valence-corrected chi connectivity index (χ4v) is 4.99. The van der Waals surface area contributed by atoms with E-state index in [1.807, 2.05) is 42.5 Å². The number of fused-ring (bicyclic) bond motifs is 1. The van der Waals surface area contributed by atoms with Crippen molar-refractivity contribution in [1.82, 2.24) is 0 Å². The molecule has 0 bridgehead atoms. The molecule has 0 spiro atoms. The lowest BCUT2D eigenvalue weighted by Gasteiger charge is -2.27. The van der Waals surface area contributed by atoms with Crippen LogP contribution >= 0.6 is 22.6 Å². The van der Waals surface area contributed by atoms with Crippen LogP contribution in [0.5, 0.6) is 11.5 Å². The Kier molecular flexibility index (Phi) is 9.42. The Balaban J connectivity index is 1.48. The molecule has 0 unspecified atom stereocenters. The van der Waals surface area contributed by atoms with Crippen molar-refractivity contribution >= 4 is 62.4 Å². The van der Waals surface area contributed by atoms with Crippen LogP contribution < -0.4 is 21.1 Å². The summed E-state index contributed by atoms with van der Waals surface area (Å²) in [6, 6.07) is 34.0. The third kappa shape index (κ3) is 7.63. The van der Waals surface area contributed by atoms with Crippen molar-refractivity contribution in [2.45, 2.75) is 12.2 Å². The summed E-state index contributed by atoms with van der Waals surface area (Å²) in [6.45, 7) is 0. The van der Waals surface area contributed by atoms with Crippen molar-refractivity contribution in [2.24, 2.45) is 0 Å². The predicted octanol–water partition coefficient (Wildman–Crippen LogP) is 7.66. The van der Waals surface area contributed by atoms with Gasteiger partial charge in [0, 0.05) is 20.6 Å². The monoisotopic (exact) mass is 685 g/mol. The number of carbonyl (C=O) groups excluding carboxylic acids is 2. The molecule has 5 N–H and O–H groups in total. The van der Waals surface area contributed by atoms with Gasteiger partial charge in [0.1, 0.15) is 11.5 Å². The highest BCUT2D eigenvalue weighted by atomic mass is 127. The summed E-state index contributed by atoms with van der Waals surface area (Å²) in [5.41, 5.74) is 7.71. The molecule has 0 saturated carbocycles. The number of rotatable bonds is 9. The zero-order chi connectivity index (χ0) is 30.2. The summed E-state index contributed by atoms with van der Waals surface area (Å²) in [6.07, 6.45) is -0.184. The molecular weight excluding hydrogens is 657 g/mol. The molecule has 2 atom stereocenters. The molecule has 43 heavy (non-hydrogen) atoms. The number of phenolic OH excluding ortho intramolecular Hbond substituents is 1. The van der Waals surface area contributed by atoms with Gasteiger partial charge in [0.05, 0.1) is 17.1 Å². The van der Waals surface area contributed by atoms with E-state index in [9.17, 15) is 14.7 Å². The van der Waals surface area contributed by atoms with Gasteiger partial charge in [-0.2, -0.15) is 0 Å². The maximum atomic E-state index is 13.4. The number of ether oxygens (including phenoxy) is 2. The second-order valence-electron chi connectivity index (χ2n) is 9.51. The maximum absolute atomic E-state index is 13.4. The smallest absolute Gasteiger partial charge is 0.412 e. The molecule has 5 rings (SSSR count). The second-order valence-corrected chi connectivity index (χ2v) is 10.8. The van der Waals surface area contributed by atoms with Gasteiger partial charge in [-0.05, 0) is 82.6 Å². The molecule has 0 radical (unpaired) electrons. The number of para-hydroxylation sites is 3. The Morgan fingerprint density at radius 3 is 2.33 bits per heavy atom. The van der Waals surface area contributed by atoms with Crippen LogP contribution in [0, 0.1) is 3.57 Å². The molecule has 0 saturated heterocycles. The van der Waals surface area contributed by atoms with Crippen LogP contribution in [0.25, 0.3) is 10.8 Å². The van der Waals surface area contributed by atoms with Gasteiger partial charge in [0.15, 0.2) is 12.2 Å². The van der Waals surface area contributed by atoms with Crippen LogP contribution in [-0.4, -0.2) is 23.2 Å². The fraction of sp³-hybridized carbons (Fsp3) is 0.0588. The topological polar surface area (TPSA) is 123 Å². The normalized spacial score (nSPS) is 12.4. The zero-order valence-electron chi connectivity index (χ0n) is 22.8. The molecule has 8 nitrogen and oxygen atoms in total. The van der Waals surface area contributed by atoms with E-state index in [2.05, 4.69) is 33.2 Å². The average Bonchev–Trinajstić information content (AvgIpc) is 3.01. The summed E-state index contributed by atoms with van der Waals surface area (Å²) >= 11 is 2.11. The van der Waals surface area contributed by atoms with E-state index >= 15 is 0 Å². The van der Waals surface area contributed by atoms with Crippen molar-refractivity contribution in [2.75, 3.05) is 16.4 Å². The molecule has 0 fully saturated rings. The summed E-state index contributed by atoms with van der Waals surface area (Å²) in [7, 11) is 0. The van der Waals surface area contributed by atoms with E-state index in [1.54, 1.807) is 66.7 Å². The molecule has 5 aromatic rings. The molecule has 0 heterocycles. The van der Waals surface area contributed by atoms with Crippen LogP contribution in [0.1, 0.15) is 11.7 Å². The molecule has 216 valence electrons. The fourth-order valence-electron chi connectivity index (χ4n) is 4.48. The number of hydrogen-bond donors (Lipinski definition) is 4. The number of nitrogen functional groups attached to an aromatic ring is 1. The Morgan fingerprint density at radius 1 is 0.814 bits per heavy atom. The van der Waals surface area contributed by atoms with Crippen LogP contribution in [0.15, 0.2) is 127 Å². The average molecular weight is 686 g/mol. The minimum Gasteiger partial charge on any atom is -0.508 e. The van der Waals surface area contributed by atoms with Gasteiger partial charge < -0.3 is 25.6 Å². The highest BCUT2D eigenvalue weighted by Crippen LogP contribution is 2.34. The number of benzene rings is 5. The van der Waals surface area contributed by atoms with Gasteiger partial charge in [-0.3, -0.25) is 10.1 Å². The molecule has 0 aliphatic heterocycles. The van der Waals surface area contributed by atoms with E-state index in [0.29, 0.717) is 28.4 Å². The quantitative estimate of drug-likeness (QED) is 0.0718. The third-order valence-corrected chi connectivity index (χ3v) is 7.20. The van der Waals surface area contributed by atoms with E-state index in [0.717, 1.165) is 14.3 Å². The van der Waals surface area contributed by atoms with E-state index in [-0.39, 0.29) is 5.75 Å². The van der Waals surface area contributed by atoms with Crippen molar-refractivity contribution in [1.29, 1.82) is 0 Å². The van der Waals surface area contributed by atoms with Gasteiger partial charge in [-0.1, -0.05) is 66.7 Å². The lowest BCUT2D eigenvalue weighted by molar-refractivity contribution is -0.112. The van der Waals surface area contributed by atoms with Gasteiger partial charge in [-0.15, -0.1) is 0 Å². The molecule has 0 aliphatic rings. The first kappa shape index (κ1) is 29.5. The van der Waals surface area contributed by atoms with Gasteiger partial charge >= 0.3 is 6.09 Å². The number of phenols is 1. The first-order valence-electron chi connectivity index (χ1n) is 13.4. The second kappa shape index (κ2) is 13.8. The maximum Gasteiger partial charge on any atom is 0.412 e. The zero-order valence-corrected chi connectivity index (χ0v) is 25.0. The van der Waals surface area contributed by atoms with E-state index < -0.39 is 24.2 Å². The largest absolute Gasteiger partial charge is 0.508 e. The van der Waals surface area contributed by atoms with Crippen molar-refractivity contribution in [3.8, 4) is 11.5 Å². The first-order chi connectivity index (χ1) is 20.9. The van der Waals surface area contributed by atoms with Gasteiger partial charge in [0.2, 0.25) is 5.91 Å². The van der Waals surface area contributed by atoms with Crippen LogP contribution in [0.4, 0.5) is 21.9 Å². The first-order valence-corrected chi connectivity index (χ1v) is 14.4. The Hall–Kier alpha value is -5.03. The molecule has 5 aromatic carbocycles. The number of anilines is 3. The lowest BCUT2D eigenvalue weighted by Crippen LogP contribution is -2.30. The third-order valence-electron chi connectivity index (χ3n) is 6.53. The number of aromatic hydroxyl groups is 1.